The number of amides is 1. The Morgan fingerprint density at radius 1 is 1.35 bits per heavy atom. The van der Waals surface area contributed by atoms with Gasteiger partial charge >= 0.3 is 12.1 Å². The number of carbonyl (C=O) groups is 2. The summed E-state index contributed by atoms with van der Waals surface area (Å²) >= 11 is 0.851. The number of hydrogen-bond donors (Lipinski definition) is 0. The number of carbonyl (C=O) groups excluding carboxylic acids is 2. The van der Waals surface area contributed by atoms with Crippen molar-refractivity contribution < 1.29 is 19.2 Å². The van der Waals surface area contributed by atoms with Gasteiger partial charge in [0.2, 0.25) is 0 Å². The Balaban J connectivity index is 2.31. The zero-order valence-electron chi connectivity index (χ0n) is 10.8. The minimum Gasteiger partial charge on any atom is -0.374 e. The van der Waals surface area contributed by atoms with Crippen LogP contribution in [0.3, 0.4) is 0 Å². The van der Waals surface area contributed by atoms with Crippen LogP contribution in [0.2, 0.25) is 0 Å². The summed E-state index contributed by atoms with van der Waals surface area (Å²) in [7, 11) is 0. The van der Waals surface area contributed by atoms with Gasteiger partial charge in [-0.05, 0) is 12.0 Å². The van der Waals surface area contributed by atoms with Crippen LogP contribution in [0.5, 0.6) is 0 Å². The Morgan fingerprint density at radius 3 is 2.60 bits per heavy atom. The molecule has 1 aromatic carbocycles. The normalized spacial score (nSPS) is 18.6. The molecular weight excluding hydrogens is 284 g/mol. The predicted octanol–water partition coefficient (Wildman–Crippen LogP) is 2.61. The molecule has 0 radical (unpaired) electrons. The molecule has 1 saturated heterocycles. The van der Waals surface area contributed by atoms with Crippen molar-refractivity contribution in [3.8, 4) is 0 Å². The van der Waals surface area contributed by atoms with Crippen LogP contribution in [0.25, 0.3) is 0 Å². The van der Waals surface area contributed by atoms with Crippen molar-refractivity contribution in [1.29, 1.82) is 0 Å². The summed E-state index contributed by atoms with van der Waals surface area (Å²) in [6.45, 7) is 3.55. The summed E-state index contributed by atoms with van der Waals surface area (Å²) in [4.78, 5) is 34.0. The van der Waals surface area contributed by atoms with E-state index in [-0.39, 0.29) is 16.5 Å². The van der Waals surface area contributed by atoms with Crippen LogP contribution in [-0.4, -0.2) is 27.3 Å². The third-order valence-corrected chi connectivity index (χ3v) is 3.87. The number of nitrogens with zero attached hydrogens (tertiary/aromatic N) is 2. The highest BCUT2D eigenvalue weighted by Crippen LogP contribution is 2.37. The molecule has 106 valence electrons. The third kappa shape index (κ3) is 2.60. The van der Waals surface area contributed by atoms with Gasteiger partial charge in [0.1, 0.15) is 10.9 Å². The number of benzene rings is 1. The van der Waals surface area contributed by atoms with E-state index >= 15 is 0 Å². The topological polar surface area (TPSA) is 89.8 Å². The fourth-order valence-corrected chi connectivity index (χ4v) is 2.97. The molecule has 1 aliphatic heterocycles. The monoisotopic (exact) mass is 296 g/mol. The van der Waals surface area contributed by atoms with Crippen LogP contribution < -0.4 is 0 Å². The van der Waals surface area contributed by atoms with E-state index in [0.29, 0.717) is 0 Å². The summed E-state index contributed by atoms with van der Waals surface area (Å²) in [6.07, 6.45) is -0.795. The van der Waals surface area contributed by atoms with E-state index in [2.05, 4.69) is 4.74 Å². The molecule has 0 aromatic heterocycles. The average molecular weight is 296 g/mol. The molecule has 1 atom stereocenters. The standard InChI is InChI=1S/C12H12N2O5S/c1-7(2)10-11(15)19-12(16)13(10)20-9-6-4-3-5-8(9)14(17)18/h3-7,10H,1-2H3/t10-/m1/s1. The first-order chi connectivity index (χ1) is 9.41. The molecule has 1 aromatic rings. The highest BCUT2D eigenvalue weighted by Gasteiger charge is 2.44. The highest BCUT2D eigenvalue weighted by atomic mass is 32.2. The lowest BCUT2D eigenvalue weighted by Gasteiger charge is -2.20. The van der Waals surface area contributed by atoms with Gasteiger partial charge in [-0.2, -0.15) is 0 Å². The molecule has 2 rings (SSSR count). The number of cyclic esters (lactones) is 2. The fraction of sp³-hybridized carbons (Fsp3) is 0.333. The lowest BCUT2D eigenvalue weighted by Crippen LogP contribution is -2.34. The minimum absolute atomic E-state index is 0.118. The molecule has 0 N–H and O–H groups in total. The molecule has 1 fully saturated rings. The number of nitro groups is 1. The van der Waals surface area contributed by atoms with Crippen molar-refractivity contribution in [3.05, 3.63) is 34.4 Å². The van der Waals surface area contributed by atoms with E-state index in [1.54, 1.807) is 19.9 Å². The molecule has 1 aliphatic rings. The van der Waals surface area contributed by atoms with Gasteiger partial charge in [0.15, 0.2) is 0 Å². The van der Waals surface area contributed by atoms with Gasteiger partial charge in [-0.3, -0.25) is 10.1 Å². The zero-order valence-corrected chi connectivity index (χ0v) is 11.6. The molecule has 0 unspecified atom stereocenters. The van der Waals surface area contributed by atoms with Crippen LogP contribution in [0.4, 0.5) is 10.5 Å². The van der Waals surface area contributed by atoms with Crippen LogP contribution in [0.1, 0.15) is 13.8 Å². The van der Waals surface area contributed by atoms with Gasteiger partial charge in [0, 0.05) is 18.0 Å². The summed E-state index contributed by atoms with van der Waals surface area (Å²) < 4.78 is 5.73. The van der Waals surface area contributed by atoms with E-state index in [1.165, 1.54) is 18.2 Å². The molecule has 1 amide bonds. The summed E-state index contributed by atoms with van der Waals surface area (Å²) in [5.41, 5.74) is -0.118. The first-order valence-electron chi connectivity index (χ1n) is 5.88. The predicted molar refractivity (Wildman–Crippen MR) is 70.9 cm³/mol. The minimum atomic E-state index is -0.795. The molecular formula is C12H12N2O5S. The van der Waals surface area contributed by atoms with Crippen molar-refractivity contribution in [3.63, 3.8) is 0 Å². The van der Waals surface area contributed by atoms with E-state index in [4.69, 9.17) is 0 Å². The molecule has 7 nitrogen and oxygen atoms in total. The van der Waals surface area contributed by atoms with Gasteiger partial charge in [0.05, 0.1) is 4.92 Å². The van der Waals surface area contributed by atoms with Crippen molar-refractivity contribution in [2.75, 3.05) is 0 Å². The van der Waals surface area contributed by atoms with Crippen molar-refractivity contribution in [2.24, 2.45) is 5.92 Å². The van der Waals surface area contributed by atoms with Crippen molar-refractivity contribution in [1.82, 2.24) is 4.31 Å². The Labute approximate surface area is 119 Å². The van der Waals surface area contributed by atoms with Gasteiger partial charge in [-0.1, -0.05) is 26.0 Å². The molecule has 0 saturated carbocycles. The third-order valence-electron chi connectivity index (χ3n) is 2.75. The quantitative estimate of drug-likeness (QED) is 0.279. The summed E-state index contributed by atoms with van der Waals surface area (Å²) in [6, 6.07) is 5.29. The maximum Gasteiger partial charge on any atom is 0.428 e. The zero-order chi connectivity index (χ0) is 14.9. The van der Waals surface area contributed by atoms with Gasteiger partial charge in [0.25, 0.3) is 5.69 Å². The van der Waals surface area contributed by atoms with Crippen LogP contribution in [-0.2, 0) is 9.53 Å². The maximum absolute atomic E-state index is 11.7. The first kappa shape index (κ1) is 14.3. The number of ether oxygens (including phenoxy) is 1. The van der Waals surface area contributed by atoms with E-state index in [9.17, 15) is 19.7 Å². The second kappa shape index (κ2) is 5.49. The Morgan fingerprint density at radius 2 is 2.00 bits per heavy atom. The fourth-order valence-electron chi connectivity index (χ4n) is 1.83. The van der Waals surface area contributed by atoms with Crippen molar-refractivity contribution >= 4 is 29.7 Å². The number of para-hydroxylation sites is 1. The number of hydrogen-bond acceptors (Lipinski definition) is 6. The Bertz CT molecular complexity index is 575. The molecule has 20 heavy (non-hydrogen) atoms. The second-order valence-electron chi connectivity index (χ2n) is 4.52. The molecule has 0 aliphatic carbocycles. The molecule has 0 spiro atoms. The number of nitro benzene ring substituents is 1. The first-order valence-corrected chi connectivity index (χ1v) is 6.65. The largest absolute Gasteiger partial charge is 0.428 e. The van der Waals surface area contributed by atoms with Gasteiger partial charge in [-0.15, -0.1) is 0 Å². The summed E-state index contributed by atoms with van der Waals surface area (Å²) in [5, 5.41) is 10.9. The molecule has 1 heterocycles. The van der Waals surface area contributed by atoms with Crippen LogP contribution in [0.15, 0.2) is 29.2 Å². The molecule has 8 heteroatoms. The maximum atomic E-state index is 11.7. The number of rotatable bonds is 4. The van der Waals surface area contributed by atoms with Crippen LogP contribution >= 0.6 is 11.9 Å². The van der Waals surface area contributed by atoms with E-state index < -0.39 is 23.0 Å². The molecule has 0 bridgehead atoms. The summed E-state index contributed by atoms with van der Waals surface area (Å²) in [5.74, 6) is -0.777. The average Bonchev–Trinajstić information content (AvgIpc) is 2.64. The van der Waals surface area contributed by atoms with Gasteiger partial charge < -0.3 is 4.74 Å². The van der Waals surface area contributed by atoms with Gasteiger partial charge in [-0.25, -0.2) is 13.9 Å². The van der Waals surface area contributed by atoms with Crippen molar-refractivity contribution in [2.45, 2.75) is 24.8 Å². The highest BCUT2D eigenvalue weighted by molar-refractivity contribution is 7.97. The smallest absolute Gasteiger partial charge is 0.374 e. The number of esters is 1. The van der Waals surface area contributed by atoms with Crippen LogP contribution in [0, 0.1) is 16.0 Å². The Hall–Kier alpha value is -2.09. The Kier molecular flexibility index (Phi) is 3.93. The second-order valence-corrected chi connectivity index (χ2v) is 5.53. The lowest BCUT2D eigenvalue weighted by molar-refractivity contribution is -0.387. The SMILES string of the molecule is CC(C)[C@@H]1C(=O)OC(=O)N1Sc1ccccc1[N+](=O)[O-]. The van der Waals surface area contributed by atoms with E-state index in [0.717, 1.165) is 16.3 Å². The lowest BCUT2D eigenvalue weighted by atomic mass is 10.1. The van der Waals surface area contributed by atoms with E-state index in [1.807, 2.05) is 0 Å².